The molecule has 6 nitrogen and oxygen atoms in total. The van der Waals surface area contributed by atoms with Gasteiger partial charge in [0.15, 0.2) is 6.10 Å². The van der Waals surface area contributed by atoms with Gasteiger partial charge in [0.05, 0.1) is 12.7 Å². The van der Waals surface area contributed by atoms with E-state index in [9.17, 15) is 19.8 Å². The van der Waals surface area contributed by atoms with Crippen LogP contribution in [0.15, 0.2) is 60.8 Å². The van der Waals surface area contributed by atoms with Gasteiger partial charge in [-0.05, 0) is 44.9 Å². The Balaban J connectivity index is 3.89. The first-order valence-corrected chi connectivity index (χ1v) is 15.0. The number of aliphatic hydroxyl groups is 2. The van der Waals surface area contributed by atoms with Crippen molar-refractivity contribution in [3.63, 3.8) is 0 Å². The molecular weight excluding hydrogens is 492 g/mol. The smallest absolute Gasteiger partial charge is 0.306 e. The van der Waals surface area contributed by atoms with Crippen LogP contribution in [0.5, 0.6) is 0 Å². The average molecular weight is 547 g/mol. The van der Waals surface area contributed by atoms with Gasteiger partial charge in [0.25, 0.3) is 0 Å². The highest BCUT2D eigenvalue weighted by Gasteiger charge is 2.16. The summed E-state index contributed by atoms with van der Waals surface area (Å²) < 4.78 is 10.4. The lowest BCUT2D eigenvalue weighted by Gasteiger charge is -2.16. The minimum Gasteiger partial charge on any atom is -0.462 e. The first-order chi connectivity index (χ1) is 19.0. The Morgan fingerprint density at radius 3 is 1.95 bits per heavy atom. The number of hydrogen-bond acceptors (Lipinski definition) is 6. The zero-order chi connectivity index (χ0) is 28.8. The second-order valence-corrected chi connectivity index (χ2v) is 9.65. The lowest BCUT2D eigenvalue weighted by atomic mass is 10.1. The largest absolute Gasteiger partial charge is 0.462 e. The van der Waals surface area contributed by atoms with Gasteiger partial charge in [-0.15, -0.1) is 0 Å². The number of allylic oxidation sites excluding steroid dienone is 9. The van der Waals surface area contributed by atoms with Crippen LogP contribution in [0.4, 0.5) is 0 Å². The van der Waals surface area contributed by atoms with Gasteiger partial charge in [-0.25, -0.2) is 0 Å². The van der Waals surface area contributed by atoms with Crippen LogP contribution in [0, 0.1) is 0 Å². The molecule has 222 valence electrons. The van der Waals surface area contributed by atoms with E-state index in [1.165, 1.54) is 25.7 Å². The highest BCUT2D eigenvalue weighted by Crippen LogP contribution is 2.10. The highest BCUT2D eigenvalue weighted by molar-refractivity contribution is 5.70. The van der Waals surface area contributed by atoms with Gasteiger partial charge in [-0.3, -0.25) is 9.59 Å². The molecule has 2 N–H and O–H groups in total. The van der Waals surface area contributed by atoms with Crippen molar-refractivity contribution in [2.75, 3.05) is 13.2 Å². The molecule has 0 aromatic rings. The summed E-state index contributed by atoms with van der Waals surface area (Å²) in [7, 11) is 0. The monoisotopic (exact) mass is 546 g/mol. The van der Waals surface area contributed by atoms with E-state index < -0.39 is 24.8 Å². The number of esters is 2. The van der Waals surface area contributed by atoms with Crippen LogP contribution >= 0.6 is 0 Å². The van der Waals surface area contributed by atoms with Crippen molar-refractivity contribution < 1.29 is 29.3 Å². The van der Waals surface area contributed by atoms with Gasteiger partial charge < -0.3 is 19.7 Å². The van der Waals surface area contributed by atoms with Crippen LogP contribution in [-0.2, 0) is 19.1 Å². The molecule has 0 aromatic carbocycles. The van der Waals surface area contributed by atoms with E-state index >= 15 is 0 Å². The molecule has 6 heteroatoms. The van der Waals surface area contributed by atoms with Crippen molar-refractivity contribution in [3.05, 3.63) is 60.8 Å². The van der Waals surface area contributed by atoms with Crippen LogP contribution in [0.1, 0.15) is 110 Å². The fourth-order valence-electron chi connectivity index (χ4n) is 3.64. The maximum Gasteiger partial charge on any atom is 0.306 e. The Kier molecular flexibility index (Phi) is 26.8. The molecule has 1 unspecified atom stereocenters. The van der Waals surface area contributed by atoms with Crippen molar-refractivity contribution in [1.29, 1.82) is 0 Å². The lowest BCUT2D eigenvalue weighted by Crippen LogP contribution is -2.28. The molecule has 0 rings (SSSR count). The fraction of sp³-hybridized carbons (Fsp3) is 0.636. The van der Waals surface area contributed by atoms with Crippen LogP contribution in [0.25, 0.3) is 0 Å². The van der Waals surface area contributed by atoms with Gasteiger partial charge in [0.2, 0.25) is 0 Å². The van der Waals surface area contributed by atoms with Crippen molar-refractivity contribution >= 4 is 11.9 Å². The second-order valence-electron chi connectivity index (χ2n) is 9.65. The van der Waals surface area contributed by atoms with Crippen molar-refractivity contribution in [3.8, 4) is 0 Å². The quantitative estimate of drug-likeness (QED) is 0.0534. The SMILES string of the molecule is CC/C=C\C/C=C\C/C=C\C/C=C\C=C\C(O)CCCC(=O)OC[C@H](CO)OC(=O)CCCCCCCCC. The molecule has 0 amide bonds. The fourth-order valence-corrected chi connectivity index (χ4v) is 3.64. The van der Waals surface area contributed by atoms with Gasteiger partial charge >= 0.3 is 11.9 Å². The highest BCUT2D eigenvalue weighted by atomic mass is 16.6. The summed E-state index contributed by atoms with van der Waals surface area (Å²) in [5.74, 6) is -0.812. The molecule has 0 bridgehead atoms. The number of rotatable bonds is 25. The third-order valence-corrected chi connectivity index (χ3v) is 5.93. The third-order valence-electron chi connectivity index (χ3n) is 5.93. The Morgan fingerprint density at radius 1 is 0.718 bits per heavy atom. The van der Waals surface area contributed by atoms with Crippen molar-refractivity contribution in [1.82, 2.24) is 0 Å². The van der Waals surface area contributed by atoms with E-state index in [2.05, 4.69) is 50.3 Å². The number of ether oxygens (including phenoxy) is 2. The maximum atomic E-state index is 12.0. The lowest BCUT2D eigenvalue weighted by molar-refractivity contribution is -0.161. The molecule has 0 aliphatic carbocycles. The summed E-state index contributed by atoms with van der Waals surface area (Å²) in [5, 5.41) is 19.5. The zero-order valence-corrected chi connectivity index (χ0v) is 24.5. The van der Waals surface area contributed by atoms with E-state index in [4.69, 9.17) is 9.47 Å². The minimum absolute atomic E-state index is 0.152. The minimum atomic E-state index is -0.842. The standard InChI is InChI=1S/C33H54O6/c1-3-5-7-9-11-12-13-14-15-16-18-19-21-24-30(35)25-23-27-32(36)38-29-31(28-34)39-33(37)26-22-20-17-10-8-6-4-2/h5,7,11-12,14-15,18-19,21,24,30-31,34-35H,3-4,6,8-10,13,16-17,20,22-23,25-29H2,1-2H3/b7-5-,12-11-,15-14-,19-18-,24-21+/t30?,31-/m0/s1. The molecule has 2 atom stereocenters. The van der Waals surface area contributed by atoms with E-state index in [-0.39, 0.29) is 19.0 Å². The van der Waals surface area contributed by atoms with E-state index in [1.54, 1.807) is 6.08 Å². The van der Waals surface area contributed by atoms with Gasteiger partial charge in [-0.2, -0.15) is 0 Å². The number of unbranched alkanes of at least 4 members (excludes halogenated alkanes) is 6. The molecule has 0 fully saturated rings. The van der Waals surface area contributed by atoms with Crippen LogP contribution in [0.2, 0.25) is 0 Å². The van der Waals surface area contributed by atoms with E-state index in [0.717, 1.165) is 44.9 Å². The summed E-state index contributed by atoms with van der Waals surface area (Å²) in [4.78, 5) is 23.9. The van der Waals surface area contributed by atoms with E-state index in [1.807, 2.05) is 18.2 Å². The summed E-state index contributed by atoms with van der Waals surface area (Å²) >= 11 is 0. The number of carbonyl (C=O) groups excluding carboxylic acids is 2. The predicted molar refractivity (Wildman–Crippen MR) is 160 cm³/mol. The van der Waals surface area contributed by atoms with Gasteiger partial charge in [0, 0.05) is 12.8 Å². The summed E-state index contributed by atoms with van der Waals surface area (Å²) in [6.07, 6.45) is 31.8. The Labute approximate surface area is 237 Å². The molecule has 0 aliphatic rings. The average Bonchev–Trinajstić information content (AvgIpc) is 2.93. The van der Waals surface area contributed by atoms with Crippen molar-refractivity contribution in [2.24, 2.45) is 0 Å². The molecular formula is C33H54O6. The third kappa shape index (κ3) is 26.9. The zero-order valence-electron chi connectivity index (χ0n) is 24.5. The molecule has 0 aliphatic heterocycles. The Bertz CT molecular complexity index is 734. The number of carbonyl (C=O) groups is 2. The predicted octanol–water partition coefficient (Wildman–Crippen LogP) is 7.47. The molecule has 0 aromatic heterocycles. The first kappa shape index (κ1) is 36.6. The molecule has 0 saturated carbocycles. The second kappa shape index (κ2) is 28.6. The Morgan fingerprint density at radius 2 is 1.31 bits per heavy atom. The van der Waals surface area contributed by atoms with Gasteiger partial charge in [0.1, 0.15) is 6.61 Å². The van der Waals surface area contributed by atoms with Crippen LogP contribution < -0.4 is 0 Å². The summed E-state index contributed by atoms with van der Waals surface area (Å²) in [6, 6.07) is 0. The molecule has 39 heavy (non-hydrogen) atoms. The van der Waals surface area contributed by atoms with Crippen LogP contribution in [0.3, 0.4) is 0 Å². The Hall–Kier alpha value is -2.44. The van der Waals surface area contributed by atoms with Crippen molar-refractivity contribution in [2.45, 2.75) is 122 Å². The number of hydrogen-bond donors (Lipinski definition) is 2. The van der Waals surface area contributed by atoms with Gasteiger partial charge in [-0.1, -0.05) is 113 Å². The van der Waals surface area contributed by atoms with Crippen LogP contribution in [-0.4, -0.2) is 47.6 Å². The summed E-state index contributed by atoms with van der Waals surface area (Å²) in [5.41, 5.74) is 0. The van der Waals surface area contributed by atoms with E-state index in [0.29, 0.717) is 19.3 Å². The normalized spacial score (nSPS) is 13.8. The topological polar surface area (TPSA) is 93.1 Å². The maximum absolute atomic E-state index is 12.0. The number of aliphatic hydroxyl groups excluding tert-OH is 2. The summed E-state index contributed by atoms with van der Waals surface area (Å²) in [6.45, 7) is 3.76. The first-order valence-electron chi connectivity index (χ1n) is 15.0. The molecule has 0 spiro atoms. The molecule has 0 heterocycles. The molecule has 0 radical (unpaired) electrons. The molecule has 0 saturated heterocycles.